The Labute approximate surface area is 177 Å². The van der Waals surface area contributed by atoms with Crippen molar-refractivity contribution in [3.05, 3.63) is 41.5 Å². The number of carbonyl (C=O) groups excluding carboxylic acids is 1. The fraction of sp³-hybridized carbons (Fsp3) is 0.348. The SMILES string of the molecule is COc1cc(/C=C/C(=O)CCc2cc(OC)c(OC)c(OC)c2)cc(OC)c1OC. The van der Waals surface area contributed by atoms with Gasteiger partial charge in [0.05, 0.1) is 42.7 Å². The minimum atomic E-state index is -0.0162. The van der Waals surface area contributed by atoms with Crippen LogP contribution in [0.4, 0.5) is 0 Å². The molecule has 0 spiro atoms. The lowest BCUT2D eigenvalue weighted by molar-refractivity contribution is -0.114. The minimum Gasteiger partial charge on any atom is -0.493 e. The zero-order chi connectivity index (χ0) is 22.1. The van der Waals surface area contributed by atoms with Crippen LogP contribution in [0, 0.1) is 0 Å². The monoisotopic (exact) mass is 416 g/mol. The van der Waals surface area contributed by atoms with Crippen LogP contribution in [0.3, 0.4) is 0 Å². The lowest BCUT2D eigenvalue weighted by atomic mass is 10.1. The van der Waals surface area contributed by atoms with Gasteiger partial charge in [0.25, 0.3) is 0 Å². The standard InChI is InChI=1S/C23H28O7/c1-25-18-11-15(12-19(26-2)22(18)29-5)7-9-17(24)10-8-16-13-20(27-3)23(30-6)21(14-16)28-4/h7,9,11-14H,8,10H2,1-6H3/b9-7+. The predicted molar refractivity (Wildman–Crippen MR) is 115 cm³/mol. The van der Waals surface area contributed by atoms with Crippen LogP contribution in [0.2, 0.25) is 0 Å². The van der Waals surface area contributed by atoms with Gasteiger partial charge in [0.2, 0.25) is 11.5 Å². The molecule has 2 aromatic rings. The highest BCUT2D eigenvalue weighted by molar-refractivity contribution is 5.93. The normalized spacial score (nSPS) is 10.6. The summed E-state index contributed by atoms with van der Waals surface area (Å²) in [5.41, 5.74) is 1.68. The molecule has 0 radical (unpaired) electrons. The number of allylic oxidation sites excluding steroid dienone is 1. The smallest absolute Gasteiger partial charge is 0.203 e. The average molecular weight is 416 g/mol. The number of methoxy groups -OCH3 is 6. The lowest BCUT2D eigenvalue weighted by Crippen LogP contribution is -2.00. The first-order valence-electron chi connectivity index (χ1n) is 9.31. The summed E-state index contributed by atoms with van der Waals surface area (Å²) in [6, 6.07) is 7.25. The van der Waals surface area contributed by atoms with Crippen molar-refractivity contribution in [2.24, 2.45) is 0 Å². The maximum absolute atomic E-state index is 12.4. The van der Waals surface area contributed by atoms with Crippen LogP contribution in [0.15, 0.2) is 30.3 Å². The van der Waals surface area contributed by atoms with E-state index in [-0.39, 0.29) is 5.78 Å². The van der Waals surface area contributed by atoms with Crippen molar-refractivity contribution in [1.29, 1.82) is 0 Å². The Morgan fingerprint density at radius 2 is 1.13 bits per heavy atom. The maximum atomic E-state index is 12.4. The molecule has 0 aliphatic heterocycles. The van der Waals surface area contributed by atoms with Crippen molar-refractivity contribution < 1.29 is 33.2 Å². The fourth-order valence-electron chi connectivity index (χ4n) is 3.02. The van der Waals surface area contributed by atoms with Crippen molar-refractivity contribution in [2.45, 2.75) is 12.8 Å². The van der Waals surface area contributed by atoms with Gasteiger partial charge >= 0.3 is 0 Å². The molecule has 7 heteroatoms. The average Bonchev–Trinajstić information content (AvgIpc) is 2.79. The van der Waals surface area contributed by atoms with E-state index in [1.807, 2.05) is 12.1 Å². The second-order valence-electron chi connectivity index (χ2n) is 6.29. The molecule has 0 aromatic heterocycles. The number of benzene rings is 2. The van der Waals surface area contributed by atoms with E-state index in [1.54, 1.807) is 66.9 Å². The van der Waals surface area contributed by atoms with Gasteiger partial charge < -0.3 is 28.4 Å². The van der Waals surface area contributed by atoms with Gasteiger partial charge in [-0.2, -0.15) is 0 Å². The highest BCUT2D eigenvalue weighted by Crippen LogP contribution is 2.39. The quantitative estimate of drug-likeness (QED) is 0.514. The molecule has 0 saturated carbocycles. The number of rotatable bonds is 11. The third kappa shape index (κ3) is 5.37. The van der Waals surface area contributed by atoms with Crippen molar-refractivity contribution in [3.63, 3.8) is 0 Å². The number of ketones is 1. The molecule has 30 heavy (non-hydrogen) atoms. The van der Waals surface area contributed by atoms with Crippen LogP contribution in [0.5, 0.6) is 34.5 Å². The van der Waals surface area contributed by atoms with Crippen molar-refractivity contribution in [2.75, 3.05) is 42.7 Å². The highest BCUT2D eigenvalue weighted by atomic mass is 16.5. The van der Waals surface area contributed by atoms with Gasteiger partial charge in [-0.3, -0.25) is 4.79 Å². The first kappa shape index (κ1) is 22.9. The van der Waals surface area contributed by atoms with Crippen LogP contribution in [0.1, 0.15) is 17.5 Å². The zero-order valence-corrected chi connectivity index (χ0v) is 18.2. The molecule has 0 amide bonds. The van der Waals surface area contributed by atoms with Gasteiger partial charge in [-0.25, -0.2) is 0 Å². The summed E-state index contributed by atoms with van der Waals surface area (Å²) in [6.07, 6.45) is 4.13. The molecule has 0 saturated heterocycles. The summed E-state index contributed by atoms with van der Waals surface area (Å²) < 4.78 is 32.0. The van der Waals surface area contributed by atoms with Gasteiger partial charge in [0, 0.05) is 6.42 Å². The van der Waals surface area contributed by atoms with Gasteiger partial charge in [0.15, 0.2) is 28.8 Å². The molecule has 2 aromatic carbocycles. The topological polar surface area (TPSA) is 72.5 Å². The molecule has 7 nitrogen and oxygen atoms in total. The van der Waals surface area contributed by atoms with Crippen LogP contribution < -0.4 is 28.4 Å². The molecule has 162 valence electrons. The summed E-state index contributed by atoms with van der Waals surface area (Å²) in [5, 5.41) is 0. The molecular formula is C23H28O7. The van der Waals surface area contributed by atoms with Gasteiger partial charge in [0.1, 0.15) is 0 Å². The molecule has 0 bridgehead atoms. The summed E-state index contributed by atoms with van der Waals surface area (Å²) in [7, 11) is 9.32. The van der Waals surface area contributed by atoms with E-state index in [1.165, 1.54) is 0 Å². The summed E-state index contributed by atoms with van der Waals surface area (Å²) in [4.78, 5) is 12.4. The van der Waals surface area contributed by atoms with E-state index >= 15 is 0 Å². The van der Waals surface area contributed by atoms with Gasteiger partial charge in [-0.05, 0) is 47.9 Å². The number of carbonyl (C=O) groups is 1. The Balaban J connectivity index is 2.12. The van der Waals surface area contributed by atoms with Gasteiger partial charge in [-0.1, -0.05) is 6.08 Å². The van der Waals surface area contributed by atoms with Crippen LogP contribution in [-0.2, 0) is 11.2 Å². The van der Waals surface area contributed by atoms with E-state index in [4.69, 9.17) is 28.4 Å². The Morgan fingerprint density at radius 1 is 0.700 bits per heavy atom. The predicted octanol–water partition coefficient (Wildman–Crippen LogP) is 3.95. The van der Waals surface area contributed by atoms with E-state index in [9.17, 15) is 4.79 Å². The molecule has 0 aliphatic carbocycles. The molecule has 0 unspecified atom stereocenters. The largest absolute Gasteiger partial charge is 0.493 e. The molecule has 0 N–H and O–H groups in total. The first-order chi connectivity index (χ1) is 14.5. The minimum absolute atomic E-state index is 0.0162. The summed E-state index contributed by atoms with van der Waals surface area (Å²) in [5.74, 6) is 3.20. The van der Waals surface area contributed by atoms with E-state index in [0.717, 1.165) is 11.1 Å². The Morgan fingerprint density at radius 3 is 1.53 bits per heavy atom. The summed E-state index contributed by atoms with van der Waals surface area (Å²) >= 11 is 0. The molecule has 0 aliphatic rings. The second kappa shape index (κ2) is 11.0. The maximum Gasteiger partial charge on any atom is 0.203 e. The van der Waals surface area contributed by atoms with Crippen molar-refractivity contribution >= 4 is 11.9 Å². The number of hydrogen-bond acceptors (Lipinski definition) is 7. The zero-order valence-electron chi connectivity index (χ0n) is 18.2. The fourth-order valence-corrected chi connectivity index (χ4v) is 3.02. The molecule has 2 rings (SSSR count). The highest BCUT2D eigenvalue weighted by Gasteiger charge is 2.14. The van der Waals surface area contributed by atoms with E-state index in [0.29, 0.717) is 47.3 Å². The van der Waals surface area contributed by atoms with Crippen LogP contribution in [0.25, 0.3) is 6.08 Å². The Kier molecular flexibility index (Phi) is 8.41. The van der Waals surface area contributed by atoms with Crippen LogP contribution in [-0.4, -0.2) is 48.4 Å². The van der Waals surface area contributed by atoms with Crippen molar-refractivity contribution in [3.8, 4) is 34.5 Å². The van der Waals surface area contributed by atoms with Gasteiger partial charge in [-0.15, -0.1) is 0 Å². The first-order valence-corrected chi connectivity index (χ1v) is 9.31. The lowest BCUT2D eigenvalue weighted by Gasteiger charge is -2.14. The molecule has 0 heterocycles. The molecule has 0 atom stereocenters. The Hall–Kier alpha value is -3.35. The van der Waals surface area contributed by atoms with E-state index in [2.05, 4.69) is 0 Å². The summed E-state index contributed by atoms with van der Waals surface area (Å²) in [6.45, 7) is 0. The van der Waals surface area contributed by atoms with Crippen LogP contribution >= 0.6 is 0 Å². The number of hydrogen-bond donors (Lipinski definition) is 0. The molecule has 0 fully saturated rings. The Bertz CT molecular complexity index is 852. The van der Waals surface area contributed by atoms with E-state index < -0.39 is 0 Å². The second-order valence-corrected chi connectivity index (χ2v) is 6.29. The third-order valence-corrected chi connectivity index (χ3v) is 4.53. The number of aryl methyl sites for hydroxylation is 1. The van der Waals surface area contributed by atoms with Crippen molar-refractivity contribution in [1.82, 2.24) is 0 Å². The third-order valence-electron chi connectivity index (χ3n) is 4.53. The molecular weight excluding hydrogens is 388 g/mol. The number of ether oxygens (including phenoxy) is 6.